The van der Waals surface area contributed by atoms with Gasteiger partial charge in [0.05, 0.1) is 12.2 Å². The predicted octanol–water partition coefficient (Wildman–Crippen LogP) is 3.10. The van der Waals surface area contributed by atoms with Gasteiger partial charge in [-0.3, -0.25) is 4.90 Å². The van der Waals surface area contributed by atoms with Crippen LogP contribution in [-0.4, -0.2) is 48.2 Å². The van der Waals surface area contributed by atoms with E-state index in [-0.39, 0.29) is 0 Å². The Morgan fingerprint density at radius 2 is 1.95 bits per heavy atom. The van der Waals surface area contributed by atoms with Crippen LogP contribution in [0.15, 0.2) is 10.6 Å². The zero-order valence-corrected chi connectivity index (χ0v) is 13.4. The van der Waals surface area contributed by atoms with Crippen molar-refractivity contribution >= 4 is 0 Å². The lowest BCUT2D eigenvalue weighted by Gasteiger charge is -2.26. The van der Waals surface area contributed by atoms with Crippen molar-refractivity contribution in [1.29, 1.82) is 0 Å². The van der Waals surface area contributed by atoms with Crippen LogP contribution >= 0.6 is 0 Å². The summed E-state index contributed by atoms with van der Waals surface area (Å²) < 4.78 is 5.40. The first-order valence-corrected chi connectivity index (χ1v) is 7.90. The molecule has 0 amide bonds. The molecule has 0 aliphatic heterocycles. The van der Waals surface area contributed by atoms with E-state index < -0.39 is 0 Å². The molecule has 0 atom stereocenters. The molecule has 0 bridgehead atoms. The minimum Gasteiger partial charge on any atom is -0.360 e. The fourth-order valence-electron chi connectivity index (χ4n) is 2.88. The van der Waals surface area contributed by atoms with Crippen molar-refractivity contribution < 1.29 is 4.52 Å². The van der Waals surface area contributed by atoms with Gasteiger partial charge in [0.2, 0.25) is 0 Å². The van der Waals surface area contributed by atoms with Crippen LogP contribution in [0.5, 0.6) is 0 Å². The highest BCUT2D eigenvalue weighted by molar-refractivity contribution is 5.08. The molecule has 4 nitrogen and oxygen atoms in total. The molecule has 1 aromatic heterocycles. The monoisotopic (exact) mass is 279 g/mol. The van der Waals surface area contributed by atoms with Crippen molar-refractivity contribution in [3.8, 4) is 0 Å². The Kier molecular flexibility index (Phi) is 5.61. The summed E-state index contributed by atoms with van der Waals surface area (Å²) in [4.78, 5) is 4.83. The van der Waals surface area contributed by atoms with Gasteiger partial charge in [0.15, 0.2) is 5.76 Å². The van der Waals surface area contributed by atoms with Crippen molar-refractivity contribution in [2.24, 2.45) is 0 Å². The maximum absolute atomic E-state index is 5.40. The van der Waals surface area contributed by atoms with Crippen LogP contribution in [0.4, 0.5) is 0 Å². The van der Waals surface area contributed by atoms with Crippen LogP contribution in [0.3, 0.4) is 0 Å². The van der Waals surface area contributed by atoms with E-state index in [0.717, 1.165) is 37.1 Å². The standard InChI is InChI=1S/C16H29N3O/c1-13(2)16-11-15(20-17-16)12-18(3)9-10-19(4)14-7-5-6-8-14/h11,13-14H,5-10,12H2,1-4H3. The van der Waals surface area contributed by atoms with E-state index in [2.05, 4.69) is 49.0 Å². The van der Waals surface area contributed by atoms with E-state index in [1.165, 1.54) is 25.7 Å². The second-order valence-electron chi connectivity index (χ2n) is 6.53. The Morgan fingerprint density at radius 3 is 2.55 bits per heavy atom. The number of likely N-dealkylation sites (N-methyl/N-ethyl adjacent to an activating group) is 2. The second-order valence-corrected chi connectivity index (χ2v) is 6.53. The fourth-order valence-corrected chi connectivity index (χ4v) is 2.88. The van der Waals surface area contributed by atoms with Gasteiger partial charge >= 0.3 is 0 Å². The largest absolute Gasteiger partial charge is 0.360 e. The van der Waals surface area contributed by atoms with Crippen molar-refractivity contribution in [2.45, 2.75) is 58.0 Å². The van der Waals surface area contributed by atoms with E-state index in [1.54, 1.807) is 0 Å². The third kappa shape index (κ3) is 4.32. The van der Waals surface area contributed by atoms with E-state index in [9.17, 15) is 0 Å². The minimum absolute atomic E-state index is 0.436. The van der Waals surface area contributed by atoms with Gasteiger partial charge in [0, 0.05) is 25.2 Å². The van der Waals surface area contributed by atoms with Gasteiger partial charge in [0.25, 0.3) is 0 Å². The average Bonchev–Trinajstić information content (AvgIpc) is 3.06. The van der Waals surface area contributed by atoms with Crippen LogP contribution in [0.2, 0.25) is 0 Å². The molecule has 0 spiro atoms. The molecule has 0 saturated heterocycles. The van der Waals surface area contributed by atoms with Crippen LogP contribution in [-0.2, 0) is 6.54 Å². The highest BCUT2D eigenvalue weighted by Crippen LogP contribution is 2.22. The lowest BCUT2D eigenvalue weighted by Crippen LogP contribution is -2.36. The number of rotatable bonds is 7. The number of hydrogen-bond acceptors (Lipinski definition) is 4. The second kappa shape index (κ2) is 7.23. The first-order chi connectivity index (χ1) is 9.56. The SMILES string of the molecule is CC(C)c1cc(CN(C)CCN(C)C2CCCC2)on1. The predicted molar refractivity (Wildman–Crippen MR) is 81.8 cm³/mol. The van der Waals surface area contributed by atoms with Gasteiger partial charge in [0.1, 0.15) is 0 Å². The van der Waals surface area contributed by atoms with Crippen LogP contribution in [0.25, 0.3) is 0 Å². The Bertz CT molecular complexity index is 396. The van der Waals surface area contributed by atoms with Gasteiger partial charge in [-0.05, 0) is 32.9 Å². The molecule has 1 aromatic rings. The molecule has 4 heteroatoms. The molecule has 1 aliphatic carbocycles. The third-order valence-electron chi connectivity index (χ3n) is 4.38. The van der Waals surface area contributed by atoms with Gasteiger partial charge in [-0.2, -0.15) is 0 Å². The highest BCUT2D eigenvalue weighted by Gasteiger charge is 2.19. The van der Waals surface area contributed by atoms with Gasteiger partial charge in [-0.25, -0.2) is 0 Å². The first-order valence-electron chi connectivity index (χ1n) is 7.90. The topological polar surface area (TPSA) is 32.5 Å². The molecule has 2 rings (SSSR count). The maximum Gasteiger partial charge on any atom is 0.150 e. The molecule has 0 aromatic carbocycles. The summed E-state index contributed by atoms with van der Waals surface area (Å²) in [6.45, 7) is 7.33. The minimum atomic E-state index is 0.436. The summed E-state index contributed by atoms with van der Waals surface area (Å²) in [7, 11) is 4.41. The third-order valence-corrected chi connectivity index (χ3v) is 4.38. The van der Waals surface area contributed by atoms with Gasteiger partial charge in [-0.1, -0.05) is 31.8 Å². The Hall–Kier alpha value is -0.870. The molecule has 1 saturated carbocycles. The molecule has 1 fully saturated rings. The Balaban J connectivity index is 1.72. The molecule has 114 valence electrons. The zero-order chi connectivity index (χ0) is 14.5. The molecule has 1 aliphatic rings. The summed E-state index contributed by atoms with van der Waals surface area (Å²) in [5.41, 5.74) is 1.05. The van der Waals surface area contributed by atoms with Crippen molar-refractivity contribution in [2.75, 3.05) is 27.2 Å². The van der Waals surface area contributed by atoms with Crippen LogP contribution in [0, 0.1) is 0 Å². The Morgan fingerprint density at radius 1 is 1.25 bits per heavy atom. The molecule has 0 radical (unpaired) electrons. The van der Waals surface area contributed by atoms with E-state index >= 15 is 0 Å². The quantitative estimate of drug-likeness (QED) is 0.768. The number of nitrogens with zero attached hydrogens (tertiary/aromatic N) is 3. The molecule has 20 heavy (non-hydrogen) atoms. The van der Waals surface area contributed by atoms with Crippen molar-refractivity contribution in [1.82, 2.24) is 15.0 Å². The summed E-state index contributed by atoms with van der Waals surface area (Å²) in [5.74, 6) is 1.41. The van der Waals surface area contributed by atoms with Crippen LogP contribution in [0.1, 0.15) is 56.9 Å². The molecule has 1 heterocycles. The summed E-state index contributed by atoms with van der Waals surface area (Å²) in [5, 5.41) is 4.11. The smallest absolute Gasteiger partial charge is 0.150 e. The first kappa shape index (κ1) is 15.5. The highest BCUT2D eigenvalue weighted by atomic mass is 16.5. The van der Waals surface area contributed by atoms with Crippen molar-refractivity contribution in [3.05, 3.63) is 17.5 Å². The zero-order valence-electron chi connectivity index (χ0n) is 13.4. The molecule has 0 N–H and O–H groups in total. The molecule has 0 unspecified atom stereocenters. The van der Waals surface area contributed by atoms with Crippen molar-refractivity contribution in [3.63, 3.8) is 0 Å². The normalized spacial score (nSPS) is 16.9. The Labute approximate surface area is 123 Å². The number of aromatic nitrogens is 1. The lowest BCUT2D eigenvalue weighted by atomic mass is 10.1. The fraction of sp³-hybridized carbons (Fsp3) is 0.812. The van der Waals surface area contributed by atoms with E-state index in [1.807, 2.05) is 0 Å². The van der Waals surface area contributed by atoms with Gasteiger partial charge in [-0.15, -0.1) is 0 Å². The molecular weight excluding hydrogens is 250 g/mol. The van der Waals surface area contributed by atoms with Crippen LogP contribution < -0.4 is 0 Å². The van der Waals surface area contributed by atoms with Gasteiger partial charge < -0.3 is 9.42 Å². The average molecular weight is 279 g/mol. The van der Waals surface area contributed by atoms with E-state index in [0.29, 0.717) is 5.92 Å². The van der Waals surface area contributed by atoms with E-state index in [4.69, 9.17) is 4.52 Å². The maximum atomic E-state index is 5.40. The molecular formula is C16H29N3O. The number of hydrogen-bond donors (Lipinski definition) is 0. The summed E-state index contributed by atoms with van der Waals surface area (Å²) >= 11 is 0. The summed E-state index contributed by atoms with van der Waals surface area (Å²) in [6.07, 6.45) is 5.56. The summed E-state index contributed by atoms with van der Waals surface area (Å²) in [6, 6.07) is 2.89. The lowest BCUT2D eigenvalue weighted by molar-refractivity contribution is 0.195.